The first-order valence-corrected chi connectivity index (χ1v) is 12.2. The molecule has 204 valence electrons. The minimum atomic E-state index is -4.81. The van der Waals surface area contributed by atoms with Crippen molar-refractivity contribution in [1.82, 2.24) is 4.57 Å². The fourth-order valence-corrected chi connectivity index (χ4v) is 4.87. The number of nitrogens with two attached hydrogens (primary N) is 1. The summed E-state index contributed by atoms with van der Waals surface area (Å²) in [5.41, 5.74) is 5.49. The van der Waals surface area contributed by atoms with Crippen molar-refractivity contribution >= 4 is 0 Å². The molecule has 9 heteroatoms. The topological polar surface area (TPSA) is 57.2 Å². The summed E-state index contributed by atoms with van der Waals surface area (Å²) in [6.07, 6.45) is -4.78. The highest BCUT2D eigenvalue weighted by Crippen LogP contribution is 2.35. The van der Waals surface area contributed by atoms with E-state index >= 15 is 4.39 Å². The largest absolute Gasteiger partial charge is 0.494 e. The third kappa shape index (κ3) is 5.45. The first-order valence-electron chi connectivity index (χ1n) is 12.2. The Bertz CT molecular complexity index is 1560. The molecule has 1 atom stereocenters. The van der Waals surface area contributed by atoms with Gasteiger partial charge in [0.05, 0.1) is 24.8 Å². The predicted molar refractivity (Wildman–Crippen MR) is 140 cm³/mol. The molecule has 0 aliphatic heterocycles. The van der Waals surface area contributed by atoms with E-state index in [0.29, 0.717) is 5.69 Å². The first-order chi connectivity index (χ1) is 18.5. The number of halogens is 5. The van der Waals surface area contributed by atoms with Crippen LogP contribution < -0.4 is 15.9 Å². The van der Waals surface area contributed by atoms with Gasteiger partial charge in [-0.1, -0.05) is 48.5 Å². The van der Waals surface area contributed by atoms with Crippen molar-refractivity contribution in [2.24, 2.45) is 5.73 Å². The number of alkyl halides is 3. The van der Waals surface area contributed by atoms with Crippen LogP contribution in [-0.4, -0.2) is 11.7 Å². The van der Waals surface area contributed by atoms with Gasteiger partial charge in [-0.15, -0.1) is 0 Å². The van der Waals surface area contributed by atoms with Crippen LogP contribution in [0.15, 0.2) is 71.5 Å². The van der Waals surface area contributed by atoms with Gasteiger partial charge in [-0.05, 0) is 44.0 Å². The molecule has 0 aliphatic rings. The molecule has 1 unspecified atom stereocenters. The summed E-state index contributed by atoms with van der Waals surface area (Å²) in [5, 5.41) is 0. The third-order valence-electron chi connectivity index (χ3n) is 6.95. The van der Waals surface area contributed by atoms with E-state index in [1.54, 1.807) is 31.2 Å². The number of aromatic nitrogens is 1. The number of hydrogen-bond donors (Lipinski definition) is 1. The Kier molecular flexibility index (Phi) is 7.92. The summed E-state index contributed by atoms with van der Waals surface area (Å²) in [6, 6.07) is 15.4. The average Bonchev–Trinajstić information content (AvgIpc) is 2.90. The molecule has 0 bridgehead atoms. The van der Waals surface area contributed by atoms with Crippen LogP contribution in [-0.2, 0) is 19.1 Å². The lowest BCUT2D eigenvalue weighted by Gasteiger charge is -2.24. The highest BCUT2D eigenvalue weighted by Gasteiger charge is 2.35. The summed E-state index contributed by atoms with van der Waals surface area (Å²) < 4.78 is 78.2. The van der Waals surface area contributed by atoms with Gasteiger partial charge in [0, 0.05) is 34.1 Å². The monoisotopic (exact) mass is 542 g/mol. The second-order valence-corrected chi connectivity index (χ2v) is 9.25. The van der Waals surface area contributed by atoms with Crippen LogP contribution in [0.2, 0.25) is 0 Å². The molecule has 0 fully saturated rings. The molecule has 0 aliphatic carbocycles. The average molecular weight is 543 g/mol. The van der Waals surface area contributed by atoms with Gasteiger partial charge in [0.15, 0.2) is 17.0 Å². The second kappa shape index (κ2) is 11.0. The Morgan fingerprint density at radius 1 is 0.897 bits per heavy atom. The van der Waals surface area contributed by atoms with Gasteiger partial charge in [-0.25, -0.2) is 8.78 Å². The third-order valence-corrected chi connectivity index (χ3v) is 6.95. The zero-order valence-corrected chi connectivity index (χ0v) is 21.6. The van der Waals surface area contributed by atoms with Gasteiger partial charge in [-0.2, -0.15) is 13.2 Å². The van der Waals surface area contributed by atoms with Gasteiger partial charge in [-0.3, -0.25) is 4.79 Å². The number of nitrogens with zero attached hydrogens (tertiary/aromatic N) is 1. The standard InChI is InChI=1S/C30H27F5N2O2/c1-17-21(15-25(36)19-9-5-4-6-10-19)29(38)27(20-11-7-14-26(39-3)28(20)32)18(2)37(17)16-22-23(30(33,34)35)12-8-13-24(22)31/h4-14,25H,15-16,36H2,1-3H3. The highest BCUT2D eigenvalue weighted by molar-refractivity contribution is 5.69. The van der Waals surface area contributed by atoms with Gasteiger partial charge >= 0.3 is 6.18 Å². The Labute approximate surface area is 222 Å². The van der Waals surface area contributed by atoms with Crippen LogP contribution in [0.3, 0.4) is 0 Å². The number of methoxy groups -OCH3 is 1. The minimum Gasteiger partial charge on any atom is -0.494 e. The zero-order valence-electron chi connectivity index (χ0n) is 21.6. The molecule has 2 N–H and O–H groups in total. The molecule has 0 amide bonds. The number of rotatable bonds is 7. The Balaban J connectivity index is 1.99. The second-order valence-electron chi connectivity index (χ2n) is 9.25. The van der Waals surface area contributed by atoms with Crippen LogP contribution in [0.25, 0.3) is 11.1 Å². The van der Waals surface area contributed by atoms with Gasteiger partial charge in [0.25, 0.3) is 0 Å². The quantitative estimate of drug-likeness (QED) is 0.264. The van der Waals surface area contributed by atoms with Crippen molar-refractivity contribution in [3.05, 3.63) is 122 Å². The summed E-state index contributed by atoms with van der Waals surface area (Å²) in [5.74, 6) is -1.94. The van der Waals surface area contributed by atoms with Gasteiger partial charge in [0.2, 0.25) is 0 Å². The summed E-state index contributed by atoms with van der Waals surface area (Å²) in [4.78, 5) is 13.9. The van der Waals surface area contributed by atoms with E-state index in [9.17, 15) is 22.4 Å². The number of ether oxygens (including phenoxy) is 1. The normalized spacial score (nSPS) is 12.4. The lowest BCUT2D eigenvalue weighted by Crippen LogP contribution is -2.27. The number of benzene rings is 3. The van der Waals surface area contributed by atoms with E-state index in [1.165, 1.54) is 36.8 Å². The Morgan fingerprint density at radius 2 is 1.56 bits per heavy atom. The Morgan fingerprint density at radius 3 is 2.21 bits per heavy atom. The molecule has 3 aromatic carbocycles. The summed E-state index contributed by atoms with van der Waals surface area (Å²) in [7, 11) is 1.28. The maximum absolute atomic E-state index is 15.4. The maximum atomic E-state index is 15.4. The van der Waals surface area contributed by atoms with Crippen LogP contribution in [0.4, 0.5) is 22.0 Å². The van der Waals surface area contributed by atoms with Gasteiger partial charge in [0.1, 0.15) is 5.82 Å². The van der Waals surface area contributed by atoms with E-state index in [1.807, 2.05) is 6.07 Å². The van der Waals surface area contributed by atoms with Crippen LogP contribution in [0.5, 0.6) is 5.75 Å². The zero-order chi connectivity index (χ0) is 28.5. The smallest absolute Gasteiger partial charge is 0.416 e. The molecule has 0 spiro atoms. The van der Waals surface area contributed by atoms with Crippen molar-refractivity contribution in [1.29, 1.82) is 0 Å². The fraction of sp³-hybridized carbons (Fsp3) is 0.233. The molecule has 4 nitrogen and oxygen atoms in total. The maximum Gasteiger partial charge on any atom is 0.416 e. The van der Waals surface area contributed by atoms with Crippen molar-refractivity contribution in [2.45, 2.75) is 39.0 Å². The van der Waals surface area contributed by atoms with Gasteiger partial charge < -0.3 is 15.0 Å². The van der Waals surface area contributed by atoms with Crippen LogP contribution in [0.1, 0.15) is 39.7 Å². The molecule has 1 heterocycles. The van der Waals surface area contributed by atoms with Crippen molar-refractivity contribution in [3.8, 4) is 16.9 Å². The van der Waals surface area contributed by atoms with E-state index in [2.05, 4.69) is 0 Å². The first kappa shape index (κ1) is 28.0. The fourth-order valence-electron chi connectivity index (χ4n) is 4.87. The predicted octanol–water partition coefficient (Wildman–Crippen LogP) is 6.73. The molecular weight excluding hydrogens is 515 g/mol. The number of pyridine rings is 1. The van der Waals surface area contributed by atoms with E-state index < -0.39 is 47.0 Å². The lowest BCUT2D eigenvalue weighted by molar-refractivity contribution is -0.138. The molecular formula is C30H27F5N2O2. The van der Waals surface area contributed by atoms with Crippen LogP contribution >= 0.6 is 0 Å². The summed E-state index contributed by atoms with van der Waals surface area (Å²) in [6.45, 7) is 2.53. The van der Waals surface area contributed by atoms with Crippen LogP contribution in [0, 0.1) is 25.5 Å². The van der Waals surface area contributed by atoms with E-state index in [-0.39, 0.29) is 34.6 Å². The van der Waals surface area contributed by atoms with Crippen molar-refractivity contribution < 1.29 is 26.7 Å². The molecule has 4 rings (SSSR count). The van der Waals surface area contributed by atoms with Crippen molar-refractivity contribution in [2.75, 3.05) is 7.11 Å². The molecule has 0 radical (unpaired) electrons. The molecule has 0 saturated carbocycles. The van der Waals surface area contributed by atoms with E-state index in [4.69, 9.17) is 10.5 Å². The minimum absolute atomic E-state index is 0.0247. The molecule has 1 aromatic heterocycles. The van der Waals surface area contributed by atoms with Crippen molar-refractivity contribution in [3.63, 3.8) is 0 Å². The molecule has 0 saturated heterocycles. The highest BCUT2D eigenvalue weighted by atomic mass is 19.4. The SMILES string of the molecule is COc1cccc(-c2c(C)n(Cc3c(F)cccc3C(F)(F)F)c(C)c(CC(N)c3ccccc3)c2=O)c1F. The molecule has 4 aromatic rings. The van der Waals surface area contributed by atoms with E-state index in [0.717, 1.165) is 23.8 Å². The lowest BCUT2D eigenvalue weighted by atomic mass is 9.93. The summed E-state index contributed by atoms with van der Waals surface area (Å²) >= 11 is 0. The molecule has 39 heavy (non-hydrogen) atoms. The Hall–Kier alpha value is -3.98. The number of hydrogen-bond acceptors (Lipinski definition) is 3.